The van der Waals surface area contributed by atoms with Crippen molar-refractivity contribution in [3.05, 3.63) is 35.4 Å². The smallest absolute Gasteiger partial charge is 0.172 e. The predicted molar refractivity (Wildman–Crippen MR) is 61.3 cm³/mol. The summed E-state index contributed by atoms with van der Waals surface area (Å²) in [4.78, 5) is 12.2. The number of fused-ring (bicyclic) bond motifs is 2. The van der Waals surface area contributed by atoms with Crippen molar-refractivity contribution in [1.82, 2.24) is 0 Å². The maximum Gasteiger partial charge on any atom is 0.172 e. The van der Waals surface area contributed by atoms with Crippen molar-refractivity contribution in [2.75, 3.05) is 0 Å². The number of ether oxygens (including phenoxy) is 1. The van der Waals surface area contributed by atoms with Crippen molar-refractivity contribution < 1.29 is 18.3 Å². The van der Waals surface area contributed by atoms with Crippen LogP contribution in [-0.4, -0.2) is 18.0 Å². The van der Waals surface area contributed by atoms with Gasteiger partial charge in [0.25, 0.3) is 0 Å². The van der Waals surface area contributed by atoms with Gasteiger partial charge in [-0.2, -0.15) is 0 Å². The number of carbonyl (C=O) groups is 1. The van der Waals surface area contributed by atoms with Gasteiger partial charge in [-0.15, -0.1) is 0 Å². The molecule has 1 aromatic carbocycles. The van der Waals surface area contributed by atoms with Crippen molar-refractivity contribution >= 4 is 5.78 Å². The van der Waals surface area contributed by atoms with Crippen LogP contribution in [-0.2, 0) is 4.74 Å². The lowest BCUT2D eigenvalue weighted by molar-refractivity contribution is -0.0150. The Labute approximate surface area is 104 Å². The van der Waals surface area contributed by atoms with Gasteiger partial charge in [0.1, 0.15) is 11.6 Å². The van der Waals surface area contributed by atoms with E-state index in [4.69, 9.17) is 4.74 Å². The van der Waals surface area contributed by atoms with Crippen LogP contribution < -0.4 is 0 Å². The molecule has 0 amide bonds. The first kappa shape index (κ1) is 11.8. The van der Waals surface area contributed by atoms with E-state index in [1.54, 1.807) is 0 Å². The van der Waals surface area contributed by atoms with Crippen LogP contribution in [0.5, 0.6) is 0 Å². The topological polar surface area (TPSA) is 26.3 Å². The predicted octanol–water partition coefficient (Wildman–Crippen LogP) is 3.11. The third-order valence-electron chi connectivity index (χ3n) is 3.87. The quantitative estimate of drug-likeness (QED) is 0.756. The van der Waals surface area contributed by atoms with Crippen LogP contribution in [0, 0.1) is 17.6 Å². The second-order valence-electron chi connectivity index (χ2n) is 5.09. The number of rotatable bonds is 2. The van der Waals surface area contributed by atoms with E-state index >= 15 is 0 Å². The first-order chi connectivity index (χ1) is 8.65. The second-order valence-corrected chi connectivity index (χ2v) is 5.09. The minimum absolute atomic E-state index is 0.0903. The number of ketones is 1. The van der Waals surface area contributed by atoms with E-state index in [-0.39, 0.29) is 23.7 Å². The Kier molecular flexibility index (Phi) is 2.90. The first-order valence-corrected chi connectivity index (χ1v) is 6.29. The minimum Gasteiger partial charge on any atom is -0.375 e. The van der Waals surface area contributed by atoms with Gasteiger partial charge in [0.2, 0.25) is 0 Å². The highest BCUT2D eigenvalue weighted by molar-refractivity contribution is 5.98. The largest absolute Gasteiger partial charge is 0.375 e. The fourth-order valence-electron chi connectivity index (χ4n) is 3.01. The van der Waals surface area contributed by atoms with Crippen molar-refractivity contribution in [2.24, 2.45) is 5.92 Å². The average Bonchev–Trinajstić information content (AvgIpc) is 2.68. The summed E-state index contributed by atoms with van der Waals surface area (Å²) < 4.78 is 32.8. The number of hydrogen-bond donors (Lipinski definition) is 0. The molecule has 4 heteroatoms. The van der Waals surface area contributed by atoms with Gasteiger partial charge < -0.3 is 4.74 Å². The summed E-state index contributed by atoms with van der Waals surface area (Å²) in [6.45, 7) is 0. The van der Waals surface area contributed by atoms with Gasteiger partial charge in [0.15, 0.2) is 5.78 Å². The Balaban J connectivity index is 1.86. The molecule has 1 aromatic rings. The van der Waals surface area contributed by atoms with E-state index in [0.29, 0.717) is 12.8 Å². The molecule has 0 spiro atoms. The molecule has 96 valence electrons. The Morgan fingerprint density at radius 1 is 1.11 bits per heavy atom. The van der Waals surface area contributed by atoms with Crippen LogP contribution >= 0.6 is 0 Å². The molecule has 2 aliphatic heterocycles. The highest BCUT2D eigenvalue weighted by Gasteiger charge is 2.39. The Morgan fingerprint density at radius 2 is 1.67 bits per heavy atom. The highest BCUT2D eigenvalue weighted by Crippen LogP contribution is 2.37. The van der Waals surface area contributed by atoms with Crippen LogP contribution in [0.4, 0.5) is 8.78 Å². The maximum atomic E-state index is 13.6. The summed E-state index contributed by atoms with van der Waals surface area (Å²) in [6.07, 6.45) is 3.26. The van der Waals surface area contributed by atoms with Crippen molar-refractivity contribution in [1.29, 1.82) is 0 Å². The monoisotopic (exact) mass is 252 g/mol. The van der Waals surface area contributed by atoms with Crippen molar-refractivity contribution in [2.45, 2.75) is 37.9 Å². The molecule has 2 saturated heterocycles. The second kappa shape index (κ2) is 4.43. The maximum absolute atomic E-state index is 13.6. The molecule has 2 aliphatic rings. The molecule has 0 saturated carbocycles. The van der Waals surface area contributed by atoms with Gasteiger partial charge in [0.05, 0.1) is 17.8 Å². The summed E-state index contributed by atoms with van der Waals surface area (Å²) in [5.74, 6) is -2.24. The van der Waals surface area contributed by atoms with Gasteiger partial charge >= 0.3 is 0 Å². The summed E-state index contributed by atoms with van der Waals surface area (Å²) in [5.41, 5.74) is -0.385. The molecule has 2 heterocycles. The summed E-state index contributed by atoms with van der Waals surface area (Å²) in [7, 11) is 0. The van der Waals surface area contributed by atoms with Gasteiger partial charge in [-0.3, -0.25) is 4.79 Å². The molecule has 2 bridgehead atoms. The molecule has 18 heavy (non-hydrogen) atoms. The normalized spacial score (nSPS) is 30.4. The van der Waals surface area contributed by atoms with E-state index < -0.39 is 17.4 Å². The van der Waals surface area contributed by atoms with Crippen LogP contribution in [0.1, 0.15) is 36.0 Å². The Bertz CT molecular complexity index is 454. The lowest BCUT2D eigenvalue weighted by Gasteiger charge is -2.27. The van der Waals surface area contributed by atoms with Crippen molar-refractivity contribution in [3.63, 3.8) is 0 Å². The van der Waals surface area contributed by atoms with Crippen LogP contribution in [0.15, 0.2) is 18.2 Å². The fraction of sp³-hybridized carbons (Fsp3) is 0.500. The lowest BCUT2D eigenvalue weighted by atomic mass is 9.87. The third kappa shape index (κ3) is 1.94. The van der Waals surface area contributed by atoms with E-state index in [1.165, 1.54) is 6.07 Å². The molecule has 2 atom stereocenters. The zero-order chi connectivity index (χ0) is 12.7. The SMILES string of the molecule is O=C(c1c(F)cccc1F)C1CC2CCC(C1)O2. The summed E-state index contributed by atoms with van der Waals surface area (Å²) >= 11 is 0. The van der Waals surface area contributed by atoms with E-state index in [1.807, 2.05) is 0 Å². The van der Waals surface area contributed by atoms with Crippen molar-refractivity contribution in [3.8, 4) is 0 Å². The summed E-state index contributed by atoms with van der Waals surface area (Å²) in [6, 6.07) is 3.53. The zero-order valence-electron chi connectivity index (χ0n) is 9.86. The van der Waals surface area contributed by atoms with E-state index in [0.717, 1.165) is 25.0 Å². The minimum atomic E-state index is -0.765. The van der Waals surface area contributed by atoms with Gasteiger partial charge in [-0.1, -0.05) is 6.07 Å². The zero-order valence-corrected chi connectivity index (χ0v) is 9.86. The van der Waals surface area contributed by atoms with Crippen LogP contribution in [0.3, 0.4) is 0 Å². The molecule has 2 nitrogen and oxygen atoms in total. The Hall–Kier alpha value is -1.29. The highest BCUT2D eigenvalue weighted by atomic mass is 19.1. The molecule has 0 radical (unpaired) electrons. The average molecular weight is 252 g/mol. The Morgan fingerprint density at radius 3 is 2.22 bits per heavy atom. The number of hydrogen-bond acceptors (Lipinski definition) is 2. The number of benzene rings is 1. The van der Waals surface area contributed by atoms with E-state index in [9.17, 15) is 13.6 Å². The standard InChI is InChI=1S/C14H14F2O2/c15-11-2-1-3-12(16)13(11)14(17)8-6-9-4-5-10(7-8)18-9/h1-3,8-10H,4-7H2. The molecule has 2 fully saturated rings. The first-order valence-electron chi connectivity index (χ1n) is 6.29. The number of halogens is 2. The molecule has 2 unspecified atom stereocenters. The van der Waals surface area contributed by atoms with Gasteiger partial charge in [0, 0.05) is 5.92 Å². The fourth-order valence-corrected chi connectivity index (χ4v) is 3.01. The summed E-state index contributed by atoms with van der Waals surface area (Å²) in [5, 5.41) is 0. The van der Waals surface area contributed by atoms with Crippen LogP contribution in [0.25, 0.3) is 0 Å². The lowest BCUT2D eigenvalue weighted by Crippen LogP contribution is -2.30. The van der Waals surface area contributed by atoms with Gasteiger partial charge in [-0.05, 0) is 37.8 Å². The molecular formula is C14H14F2O2. The molecule has 3 rings (SSSR count). The van der Waals surface area contributed by atoms with E-state index in [2.05, 4.69) is 0 Å². The molecule has 0 N–H and O–H groups in total. The molecule has 0 aliphatic carbocycles. The molecular weight excluding hydrogens is 238 g/mol. The molecule has 0 aromatic heterocycles. The number of carbonyl (C=O) groups excluding carboxylic acids is 1. The third-order valence-corrected chi connectivity index (χ3v) is 3.87. The van der Waals surface area contributed by atoms with Gasteiger partial charge in [-0.25, -0.2) is 8.78 Å². The number of Topliss-reactive ketones (excluding diaryl/α,β-unsaturated/α-hetero) is 1. The van der Waals surface area contributed by atoms with Crippen LogP contribution in [0.2, 0.25) is 0 Å².